The summed E-state index contributed by atoms with van der Waals surface area (Å²) >= 11 is 0. The second kappa shape index (κ2) is 18.7. The van der Waals surface area contributed by atoms with Crippen LogP contribution in [0.25, 0.3) is 0 Å². The Kier molecular flexibility index (Phi) is 18.0. The molecular formula is C27H46F6O4. The van der Waals surface area contributed by atoms with E-state index in [1.807, 2.05) is 0 Å². The zero-order valence-electron chi connectivity index (χ0n) is 22.7. The molecule has 0 aliphatic rings. The van der Waals surface area contributed by atoms with Gasteiger partial charge in [-0.1, -0.05) is 104 Å². The van der Waals surface area contributed by atoms with Gasteiger partial charge in [-0.3, -0.25) is 9.59 Å². The largest absolute Gasteiger partial charge is 0.465 e. The van der Waals surface area contributed by atoms with E-state index >= 15 is 0 Å². The lowest BCUT2D eigenvalue weighted by Crippen LogP contribution is -2.47. The number of alkyl halides is 6. The lowest BCUT2D eigenvalue weighted by atomic mass is 9.82. The molecule has 0 N–H and O–H groups in total. The zero-order chi connectivity index (χ0) is 28.4. The van der Waals surface area contributed by atoms with Crippen LogP contribution < -0.4 is 0 Å². The Bertz CT molecular complexity index is 621. The zero-order valence-corrected chi connectivity index (χ0v) is 22.7. The van der Waals surface area contributed by atoms with Crippen molar-refractivity contribution in [3.05, 3.63) is 0 Å². The van der Waals surface area contributed by atoms with E-state index < -0.39 is 42.2 Å². The Morgan fingerprint density at radius 3 is 1.38 bits per heavy atom. The van der Waals surface area contributed by atoms with Gasteiger partial charge in [0.15, 0.2) is 12.0 Å². The Morgan fingerprint density at radius 1 is 0.622 bits per heavy atom. The molecule has 0 amide bonds. The van der Waals surface area contributed by atoms with Crippen LogP contribution in [0.5, 0.6) is 0 Å². The van der Waals surface area contributed by atoms with E-state index in [0.29, 0.717) is 6.42 Å². The highest BCUT2D eigenvalue weighted by atomic mass is 19.4. The van der Waals surface area contributed by atoms with Crippen molar-refractivity contribution >= 4 is 11.9 Å². The predicted octanol–water partition coefficient (Wildman–Crippen LogP) is 8.90. The van der Waals surface area contributed by atoms with Crippen molar-refractivity contribution in [2.24, 2.45) is 5.41 Å². The normalized spacial score (nSPS) is 13.4. The lowest BCUT2D eigenvalue weighted by molar-refractivity contribution is -0.255. The molecule has 1 atom stereocenters. The molecule has 0 radical (unpaired) electrons. The smallest absolute Gasteiger partial charge is 0.425 e. The Labute approximate surface area is 218 Å². The number of halogens is 6. The van der Waals surface area contributed by atoms with Crippen LogP contribution in [-0.2, 0) is 19.1 Å². The Hall–Kier alpha value is -1.48. The topological polar surface area (TPSA) is 52.6 Å². The van der Waals surface area contributed by atoms with Gasteiger partial charge in [0.05, 0.1) is 6.61 Å². The third kappa shape index (κ3) is 13.8. The fraction of sp³-hybridized carbons (Fsp3) is 0.926. The van der Waals surface area contributed by atoms with Gasteiger partial charge in [0, 0.05) is 0 Å². The van der Waals surface area contributed by atoms with Crippen molar-refractivity contribution in [3.63, 3.8) is 0 Å². The number of carbonyl (C=O) groups is 2. The second-order valence-electron chi connectivity index (χ2n) is 9.76. The monoisotopic (exact) mass is 548 g/mol. The van der Waals surface area contributed by atoms with Crippen LogP contribution in [0.4, 0.5) is 26.3 Å². The first-order valence-corrected chi connectivity index (χ1v) is 13.8. The maximum absolute atomic E-state index is 13.5. The molecule has 0 heterocycles. The minimum Gasteiger partial charge on any atom is -0.465 e. The SMILES string of the molecule is CCCCCCCCCCCCCCCCOC(=O)C(CC)(CC)C(=O)OCC(F)(F)C(F)C(F)(F)F. The van der Waals surface area contributed by atoms with E-state index in [9.17, 15) is 35.9 Å². The first-order chi connectivity index (χ1) is 17.4. The standard InChI is InChI=1S/C27H46F6O4/c1-4-7-8-9-10-11-12-13-14-15-16-17-18-19-20-36-23(34)25(5-2,6-3)24(35)37-21-26(29,30)22(28)27(31,32)33/h22H,4-21H2,1-3H3. The van der Waals surface area contributed by atoms with Crippen molar-refractivity contribution in [1.29, 1.82) is 0 Å². The summed E-state index contributed by atoms with van der Waals surface area (Å²) in [6.45, 7) is 2.99. The second-order valence-corrected chi connectivity index (χ2v) is 9.76. The van der Waals surface area contributed by atoms with Crippen LogP contribution in [0, 0.1) is 5.41 Å². The minimum atomic E-state index is -5.81. The van der Waals surface area contributed by atoms with Gasteiger partial charge in [-0.25, -0.2) is 4.39 Å². The average Bonchev–Trinajstić information content (AvgIpc) is 2.85. The maximum atomic E-state index is 13.5. The summed E-state index contributed by atoms with van der Waals surface area (Å²) in [5.41, 5.74) is -1.93. The van der Waals surface area contributed by atoms with Gasteiger partial charge in [0.1, 0.15) is 0 Å². The van der Waals surface area contributed by atoms with Gasteiger partial charge < -0.3 is 9.47 Å². The molecule has 0 aliphatic heterocycles. The van der Waals surface area contributed by atoms with Gasteiger partial charge in [0.2, 0.25) is 0 Å². The molecule has 0 saturated carbocycles. The van der Waals surface area contributed by atoms with Gasteiger partial charge in [-0.15, -0.1) is 0 Å². The predicted molar refractivity (Wildman–Crippen MR) is 131 cm³/mol. The molecule has 37 heavy (non-hydrogen) atoms. The van der Waals surface area contributed by atoms with Crippen LogP contribution in [0.3, 0.4) is 0 Å². The highest BCUT2D eigenvalue weighted by Crippen LogP contribution is 2.36. The molecule has 0 bridgehead atoms. The Morgan fingerprint density at radius 2 is 1.00 bits per heavy atom. The quantitative estimate of drug-likeness (QED) is 0.0587. The summed E-state index contributed by atoms with van der Waals surface area (Å²) in [6, 6.07) is 0. The number of ether oxygens (including phenoxy) is 2. The number of unbranched alkanes of at least 4 members (excludes halogenated alkanes) is 13. The number of rotatable bonds is 22. The lowest BCUT2D eigenvalue weighted by Gasteiger charge is -2.28. The van der Waals surface area contributed by atoms with Crippen molar-refractivity contribution in [2.75, 3.05) is 13.2 Å². The van der Waals surface area contributed by atoms with E-state index in [1.54, 1.807) is 0 Å². The molecule has 4 nitrogen and oxygen atoms in total. The van der Waals surface area contributed by atoms with Crippen molar-refractivity contribution in [3.8, 4) is 0 Å². The highest BCUT2D eigenvalue weighted by molar-refractivity contribution is 6.00. The molecule has 10 heteroatoms. The van der Waals surface area contributed by atoms with Gasteiger partial charge >= 0.3 is 24.0 Å². The summed E-state index contributed by atoms with van der Waals surface area (Å²) < 4.78 is 86.3. The molecule has 0 fully saturated rings. The van der Waals surface area contributed by atoms with E-state index in [1.165, 1.54) is 71.6 Å². The van der Waals surface area contributed by atoms with Gasteiger partial charge in [0.25, 0.3) is 6.17 Å². The molecule has 0 aromatic heterocycles. The maximum Gasteiger partial charge on any atom is 0.425 e. The first-order valence-electron chi connectivity index (χ1n) is 13.8. The van der Waals surface area contributed by atoms with Crippen LogP contribution >= 0.6 is 0 Å². The molecule has 0 spiro atoms. The summed E-state index contributed by atoms with van der Waals surface area (Å²) in [6.07, 6.45) is 5.53. The Balaban J connectivity index is 4.23. The molecular weight excluding hydrogens is 502 g/mol. The molecule has 0 saturated heterocycles. The average molecular weight is 549 g/mol. The van der Waals surface area contributed by atoms with Gasteiger partial charge in [-0.2, -0.15) is 22.0 Å². The molecule has 1 unspecified atom stereocenters. The molecule has 0 aliphatic carbocycles. The summed E-state index contributed by atoms with van der Waals surface area (Å²) in [5.74, 6) is -7.40. The number of esters is 2. The van der Waals surface area contributed by atoms with Crippen LogP contribution in [0.1, 0.15) is 124 Å². The van der Waals surface area contributed by atoms with Gasteiger partial charge in [-0.05, 0) is 19.3 Å². The fourth-order valence-electron chi connectivity index (χ4n) is 4.12. The third-order valence-electron chi connectivity index (χ3n) is 6.77. The van der Waals surface area contributed by atoms with Crippen molar-refractivity contribution in [1.82, 2.24) is 0 Å². The molecule has 0 rings (SSSR count). The van der Waals surface area contributed by atoms with Crippen LogP contribution in [0.15, 0.2) is 0 Å². The highest BCUT2D eigenvalue weighted by Gasteiger charge is 2.58. The van der Waals surface area contributed by atoms with Crippen molar-refractivity contribution < 1.29 is 45.4 Å². The number of hydrogen-bond acceptors (Lipinski definition) is 4. The number of carbonyl (C=O) groups excluding carboxylic acids is 2. The molecule has 220 valence electrons. The van der Waals surface area contributed by atoms with E-state index in [-0.39, 0.29) is 19.4 Å². The first kappa shape index (κ1) is 35.5. The minimum absolute atomic E-state index is 0.0304. The number of hydrogen-bond donors (Lipinski definition) is 0. The summed E-state index contributed by atoms with van der Waals surface area (Å²) in [5, 5.41) is 0. The molecule has 0 aromatic carbocycles. The fourth-order valence-corrected chi connectivity index (χ4v) is 4.12. The molecule has 0 aromatic rings. The summed E-state index contributed by atoms with van der Waals surface area (Å²) in [4.78, 5) is 24.9. The third-order valence-corrected chi connectivity index (χ3v) is 6.77. The van der Waals surface area contributed by atoms with E-state index in [0.717, 1.165) is 25.7 Å². The van der Waals surface area contributed by atoms with Crippen molar-refractivity contribution in [2.45, 2.75) is 142 Å². The summed E-state index contributed by atoms with van der Waals surface area (Å²) in [7, 11) is 0. The van der Waals surface area contributed by atoms with Crippen LogP contribution in [0.2, 0.25) is 0 Å². The van der Waals surface area contributed by atoms with E-state index in [2.05, 4.69) is 11.7 Å². The van der Waals surface area contributed by atoms with E-state index in [4.69, 9.17) is 4.74 Å². The van der Waals surface area contributed by atoms with Crippen LogP contribution in [-0.4, -0.2) is 43.4 Å².